The van der Waals surface area contributed by atoms with E-state index in [2.05, 4.69) is 60.4 Å². The Morgan fingerprint density at radius 3 is 1.21 bits per heavy atom. The van der Waals surface area contributed by atoms with Crippen molar-refractivity contribution in [2.45, 2.75) is 270 Å². The Bertz CT molecular complexity index is 4490. The maximum atomic E-state index is 13.0. The number of carbonyl (C=O) groups is 3. The molecule has 2 aromatic carbocycles. The summed E-state index contributed by atoms with van der Waals surface area (Å²) in [6.07, 6.45) is -6.69. The highest BCUT2D eigenvalue weighted by Gasteiger charge is 2.67. The van der Waals surface area contributed by atoms with Crippen LogP contribution < -0.4 is 31.9 Å². The molecular formula is C81H125N10O30P3. The first kappa shape index (κ1) is 100. The zero-order valence-electron chi connectivity index (χ0n) is 72.2. The van der Waals surface area contributed by atoms with Gasteiger partial charge in [-0.3, -0.25) is 38.1 Å². The van der Waals surface area contributed by atoms with Crippen molar-refractivity contribution in [3.63, 3.8) is 0 Å². The Labute approximate surface area is 719 Å². The third-order valence-electron chi connectivity index (χ3n) is 24.1. The molecular weight excluding hydrogens is 1690 g/mol. The van der Waals surface area contributed by atoms with Crippen LogP contribution in [0, 0.1) is 17.8 Å². The average molecular weight is 1810 g/mol. The van der Waals surface area contributed by atoms with Crippen LogP contribution in [0.15, 0.2) is 96.4 Å². The molecule has 694 valence electrons. The third kappa shape index (κ3) is 23.5. The molecule has 3 unspecified atom stereocenters. The number of amides is 3. The number of aliphatic hydroxyl groups is 9. The molecule has 6 saturated heterocycles. The molecule has 0 radical (unpaired) electrons. The van der Waals surface area contributed by atoms with Crippen molar-refractivity contribution < 1.29 is 145 Å². The van der Waals surface area contributed by atoms with Crippen molar-refractivity contribution >= 4 is 68.3 Å². The number of likely N-dealkylation sites (N-methyl/N-ethyl adjacent to an activating group) is 3. The van der Waals surface area contributed by atoms with Gasteiger partial charge in [0.2, 0.25) is 54.0 Å². The molecule has 3 saturated carbocycles. The predicted molar refractivity (Wildman–Crippen MR) is 447 cm³/mol. The number of ether oxygens (including phenoxy) is 9. The first-order chi connectivity index (χ1) is 58.4. The van der Waals surface area contributed by atoms with Crippen LogP contribution in [0.3, 0.4) is 0 Å². The van der Waals surface area contributed by atoms with Crippen molar-refractivity contribution in [1.82, 2.24) is 46.3 Å². The van der Waals surface area contributed by atoms with Gasteiger partial charge >= 0.3 is 22.8 Å². The van der Waals surface area contributed by atoms with E-state index in [4.69, 9.17) is 57.3 Å². The Hall–Kier alpha value is -5.77. The van der Waals surface area contributed by atoms with Crippen LogP contribution in [-0.4, -0.2) is 325 Å². The molecule has 10 aliphatic rings. The molecule has 0 bridgehead atoms. The predicted octanol–water partition coefficient (Wildman–Crippen LogP) is 1.03. The molecule has 15 rings (SSSR count). The number of nitrogens with one attached hydrogen (secondary N) is 6. The molecule has 43 heteroatoms. The quantitative estimate of drug-likeness (QED) is 0.0545. The number of nitrogens with zero attached hydrogens (tertiary/aromatic N) is 4. The lowest BCUT2D eigenvalue weighted by atomic mass is 9.74. The summed E-state index contributed by atoms with van der Waals surface area (Å²) < 4.78 is 98.2. The second-order valence-corrected chi connectivity index (χ2v) is 38.9. The second-order valence-electron chi connectivity index (χ2n) is 33.0. The number of aliphatic imine (C=N–C) groups is 1. The fourth-order valence-corrected chi connectivity index (χ4v) is 17.6. The highest BCUT2D eigenvalue weighted by Crippen LogP contribution is 2.48. The Morgan fingerprint density at radius 2 is 0.847 bits per heavy atom. The normalized spacial score (nSPS) is 38.2. The van der Waals surface area contributed by atoms with Gasteiger partial charge in [0.15, 0.2) is 0 Å². The molecule has 40 nitrogen and oxygen atoms in total. The van der Waals surface area contributed by atoms with Crippen LogP contribution in [0.5, 0.6) is 0 Å². The minimum absolute atomic E-state index is 0.0236. The summed E-state index contributed by atoms with van der Waals surface area (Å²) in [7, 11) is -0.798. The van der Waals surface area contributed by atoms with E-state index >= 15 is 0 Å². The summed E-state index contributed by atoms with van der Waals surface area (Å²) in [5.41, 5.74) is 4.66. The third-order valence-corrected chi connectivity index (χ3v) is 26.2. The van der Waals surface area contributed by atoms with Gasteiger partial charge in [0, 0.05) is 95.2 Å². The van der Waals surface area contributed by atoms with Gasteiger partial charge in [-0.2, -0.15) is 0 Å². The summed E-state index contributed by atoms with van der Waals surface area (Å²) >= 11 is 0. The van der Waals surface area contributed by atoms with E-state index in [9.17, 15) is 74.0 Å². The number of pyridine rings is 2. The minimum atomic E-state index is -3.15. The van der Waals surface area contributed by atoms with E-state index in [1.807, 2.05) is 125 Å². The number of fused-ring (bicyclic) bond motifs is 9. The molecule has 10 heterocycles. The monoisotopic (exact) mass is 1810 g/mol. The van der Waals surface area contributed by atoms with Crippen LogP contribution in [0.1, 0.15) is 103 Å². The average Bonchev–Trinajstić information content (AvgIpc) is 0.825. The molecule has 33 atom stereocenters. The first-order valence-corrected chi connectivity index (χ1v) is 47.6. The standard InChI is InChI=1S/C26H35N3O7.C25H35N3O7.C24H34N4O7.3C2H7O3P/c1-4-17-21(31)20(27-3)23-24(22(17)32)35-25-26(33,36-23)18(9-13(2)34-25)29-19(30)11-16-10-14-7-5-6-8-15(14)12-28-16;1-4-15-20(30)19(26-3)22-23(21(15)31)34-24-25(32,35-22)17(9-12(2)33-24)28-18(29)11-14-10-13-7-5-6-8-16(13)27-14;1-4-14-19(30)18(25-3)21-22(20(14)31)34-23-24(32,35-21)15(9-12(2)33-23)27-17(29)10-13-11-28-8-6-5-7-16(28)26-13;3*1-5-6(2,3)4/h5-8,10,12-13,17-18,20-25,27,31-33H,4,9,11H2,1-3H3,(H,29,30);5-8,12,15,17,19-24,26,30-32H,4,9-11H2,1-3H3,(H,28,29);5-8,11-12,14-15,18-23,25,30-32H,4,9-10H2,1-3H3,(H,27,29);3*1-2H3,(H,3,4)/t13-,17-,18-,20+,21+,22+,23-,24-,25+,26+;12-,15-,17-,19+,20+,21+,22-,23-,24+,25+;12-,14-,15-,18+,19+,20+,21-,22-,23+,24+;;;/m111.../s1. The van der Waals surface area contributed by atoms with Gasteiger partial charge in [-0.1, -0.05) is 69.3 Å². The van der Waals surface area contributed by atoms with Gasteiger partial charge in [0.05, 0.1) is 128 Å². The topological polar surface area (TPSA) is 571 Å². The molecule has 9 fully saturated rings. The number of aromatic nitrogens is 3. The van der Waals surface area contributed by atoms with Crippen LogP contribution >= 0.6 is 22.8 Å². The molecule has 3 aromatic heterocycles. The molecule has 0 spiro atoms. The van der Waals surface area contributed by atoms with Crippen molar-refractivity contribution in [1.29, 1.82) is 0 Å². The lowest BCUT2D eigenvalue weighted by Crippen LogP contribution is -2.77. The van der Waals surface area contributed by atoms with Crippen LogP contribution in [0.25, 0.3) is 16.4 Å². The first-order valence-electron chi connectivity index (χ1n) is 41.5. The van der Waals surface area contributed by atoms with E-state index in [0.717, 1.165) is 53.4 Å². The lowest BCUT2D eigenvalue weighted by Gasteiger charge is -2.58. The molecule has 124 heavy (non-hydrogen) atoms. The number of hydrogen-bond donors (Lipinski definition) is 18. The summed E-state index contributed by atoms with van der Waals surface area (Å²) in [5.74, 6) is -8.21. The van der Waals surface area contributed by atoms with Crippen LogP contribution in [0.4, 0.5) is 5.69 Å². The van der Waals surface area contributed by atoms with E-state index in [-0.39, 0.29) is 68.1 Å². The van der Waals surface area contributed by atoms with Gasteiger partial charge in [-0.05, 0) is 116 Å². The van der Waals surface area contributed by atoms with Gasteiger partial charge in [0.25, 0.3) is 0 Å². The molecule has 7 aliphatic heterocycles. The van der Waals surface area contributed by atoms with Crippen molar-refractivity contribution in [2.75, 3.05) is 62.5 Å². The molecule has 3 amide bonds. The highest BCUT2D eigenvalue weighted by atomic mass is 31.2. The number of imidazole rings is 1. The molecule has 5 aromatic rings. The van der Waals surface area contributed by atoms with Gasteiger partial charge in [0.1, 0.15) is 42.3 Å². The largest absolute Gasteiger partial charge is 0.391 e. The van der Waals surface area contributed by atoms with Crippen LogP contribution in [0.2, 0.25) is 0 Å². The number of aliphatic hydroxyl groups excluding tert-OH is 6. The number of hydrogen-bond acceptors (Lipinski definition) is 33. The highest BCUT2D eigenvalue weighted by molar-refractivity contribution is 7.52. The SMILES string of the molecule is CC[C@@H]1[C@H](O)[C@H](NC)[C@H]2O[C@]3(O)[C@H](O[C@@H]2[C@H]1O)O[C@H](C)C[C@H]3NC(=O)CC1=Nc2ccccc2C1.CC[C@@H]1[C@H](O)[C@H](NC)[C@H]2O[C@]3(O)[C@H](O[C@@H]2[C@H]1O)O[C@H](C)C[C@H]3NC(=O)Cc1cc2ccccc2cn1.CC[C@@H]1[C@H](O)[C@H](NC)[C@H]2O[C@]3(O)[C@H](O[C@@H]2[C@H]1O)O[C@H](C)C[C@H]3NC(=O)Cc1cn2ccccc2n1.COP(C)(=O)O.COP(C)(=O)O.COP(C)(=O)O. The number of rotatable bonds is 18. The number of para-hydroxylation sites is 1. The van der Waals surface area contributed by atoms with Crippen LogP contribution in [-0.2, 0) is 104 Å². The summed E-state index contributed by atoms with van der Waals surface area (Å²) in [6.45, 7) is 14.5. The van der Waals surface area contributed by atoms with E-state index in [1.54, 1.807) is 33.5 Å². The van der Waals surface area contributed by atoms with Gasteiger partial charge < -0.3 is 153 Å². The van der Waals surface area contributed by atoms with Gasteiger partial charge in [-0.15, -0.1) is 0 Å². The maximum Gasteiger partial charge on any atom is 0.324 e. The van der Waals surface area contributed by atoms with E-state index in [0.29, 0.717) is 43.5 Å². The number of benzene rings is 2. The zero-order valence-corrected chi connectivity index (χ0v) is 74.8. The minimum Gasteiger partial charge on any atom is -0.391 e. The Morgan fingerprint density at radius 1 is 0.492 bits per heavy atom. The summed E-state index contributed by atoms with van der Waals surface area (Å²) in [4.78, 5) is 76.9. The molecule has 18 N–H and O–H groups in total. The Kier molecular flexibility index (Phi) is 34.3. The smallest absolute Gasteiger partial charge is 0.324 e. The fourth-order valence-electron chi connectivity index (χ4n) is 17.6. The molecule has 3 aliphatic carbocycles. The Balaban J connectivity index is 0.000000176. The van der Waals surface area contributed by atoms with Crippen molar-refractivity contribution in [3.8, 4) is 0 Å². The lowest BCUT2D eigenvalue weighted by molar-refractivity contribution is -0.450. The maximum absolute atomic E-state index is 13.0. The van der Waals surface area contributed by atoms with E-state index in [1.165, 1.54) is 21.3 Å². The zero-order chi connectivity index (χ0) is 91.0. The summed E-state index contributed by atoms with van der Waals surface area (Å²) in [6, 6.07) is 18.8. The summed E-state index contributed by atoms with van der Waals surface area (Å²) in [5, 5.41) is 120. The van der Waals surface area contributed by atoms with Crippen molar-refractivity contribution in [3.05, 3.63) is 108 Å². The van der Waals surface area contributed by atoms with E-state index < -0.39 is 186 Å². The van der Waals surface area contributed by atoms with Crippen molar-refractivity contribution in [2.24, 2.45) is 22.7 Å². The number of carbonyl (C=O) groups excluding carboxylic acids is 3. The van der Waals surface area contributed by atoms with Gasteiger partial charge in [-0.25, -0.2) is 4.98 Å². The second kappa shape index (κ2) is 42.4. The fraction of sp³-hybridized carbons (Fsp3) is 0.679.